The van der Waals surface area contributed by atoms with Gasteiger partial charge in [-0.3, -0.25) is 0 Å². The van der Waals surface area contributed by atoms with E-state index in [9.17, 15) is 8.42 Å². The Morgan fingerprint density at radius 2 is 2.15 bits per heavy atom. The highest BCUT2D eigenvalue weighted by Gasteiger charge is 2.33. The maximum absolute atomic E-state index is 12.8. The molecule has 1 unspecified atom stereocenters. The van der Waals surface area contributed by atoms with Gasteiger partial charge in [0.2, 0.25) is 10.0 Å². The number of nitrogens with zero attached hydrogens (tertiary/aromatic N) is 1. The molecule has 1 saturated heterocycles. The summed E-state index contributed by atoms with van der Waals surface area (Å²) in [4.78, 5) is 0.390. The highest BCUT2D eigenvalue weighted by Crippen LogP contribution is 2.27. The summed E-state index contributed by atoms with van der Waals surface area (Å²) in [5, 5.41) is 3.10. The van der Waals surface area contributed by atoms with Gasteiger partial charge in [0, 0.05) is 23.6 Å². The van der Waals surface area contributed by atoms with E-state index in [0.29, 0.717) is 18.0 Å². The summed E-state index contributed by atoms with van der Waals surface area (Å²) >= 11 is 3.41. The Balaban J connectivity index is 2.34. The van der Waals surface area contributed by atoms with Crippen LogP contribution in [0.5, 0.6) is 0 Å². The number of aryl methyl sites for hydroxylation is 1. The summed E-state index contributed by atoms with van der Waals surface area (Å²) in [6.45, 7) is 3.23. The van der Waals surface area contributed by atoms with Crippen LogP contribution in [0.4, 0.5) is 0 Å². The predicted molar refractivity (Wildman–Crippen MR) is 84.3 cm³/mol. The maximum Gasteiger partial charge on any atom is 0.243 e. The summed E-state index contributed by atoms with van der Waals surface area (Å²) in [5.41, 5.74) is 0.938. The molecule has 20 heavy (non-hydrogen) atoms. The van der Waals surface area contributed by atoms with Crippen LogP contribution in [0.25, 0.3) is 0 Å². The van der Waals surface area contributed by atoms with Crippen LogP contribution >= 0.6 is 15.9 Å². The van der Waals surface area contributed by atoms with Crippen LogP contribution in [0.3, 0.4) is 0 Å². The topological polar surface area (TPSA) is 49.4 Å². The van der Waals surface area contributed by atoms with Crippen molar-refractivity contribution in [3.05, 3.63) is 28.2 Å². The van der Waals surface area contributed by atoms with E-state index in [1.54, 1.807) is 22.5 Å². The van der Waals surface area contributed by atoms with Crippen LogP contribution in [0.15, 0.2) is 27.6 Å². The molecule has 1 fully saturated rings. The second-order valence-corrected chi connectivity index (χ2v) is 7.98. The van der Waals surface area contributed by atoms with Crippen molar-refractivity contribution in [3.63, 3.8) is 0 Å². The van der Waals surface area contributed by atoms with E-state index in [-0.39, 0.29) is 6.04 Å². The molecule has 1 aromatic rings. The first-order valence-electron chi connectivity index (χ1n) is 6.89. The van der Waals surface area contributed by atoms with Crippen LogP contribution in [0.1, 0.15) is 24.8 Å². The molecule has 6 heteroatoms. The predicted octanol–water partition coefficient (Wildman–Crippen LogP) is 2.52. The van der Waals surface area contributed by atoms with Crippen molar-refractivity contribution in [2.75, 3.05) is 20.1 Å². The molecule has 1 heterocycles. The summed E-state index contributed by atoms with van der Waals surface area (Å²) in [7, 11) is -1.54. The average Bonchev–Trinajstić information content (AvgIpc) is 2.42. The molecule has 1 N–H and O–H groups in total. The van der Waals surface area contributed by atoms with Gasteiger partial charge in [0.25, 0.3) is 0 Å². The van der Waals surface area contributed by atoms with Gasteiger partial charge in [0.1, 0.15) is 0 Å². The second-order valence-electron chi connectivity index (χ2n) is 5.23. The molecule has 0 radical (unpaired) electrons. The zero-order valence-corrected chi connectivity index (χ0v) is 14.3. The Bertz CT molecular complexity index is 573. The van der Waals surface area contributed by atoms with Crippen molar-refractivity contribution >= 4 is 26.0 Å². The van der Waals surface area contributed by atoms with Crippen molar-refractivity contribution in [1.29, 1.82) is 0 Å². The van der Waals surface area contributed by atoms with Gasteiger partial charge in [-0.05, 0) is 50.6 Å². The Hall–Kier alpha value is -0.430. The minimum absolute atomic E-state index is 0.0581. The molecule has 4 nitrogen and oxygen atoms in total. The third-order valence-electron chi connectivity index (χ3n) is 3.75. The van der Waals surface area contributed by atoms with Crippen molar-refractivity contribution in [1.82, 2.24) is 9.62 Å². The lowest BCUT2D eigenvalue weighted by Gasteiger charge is -2.34. The van der Waals surface area contributed by atoms with Crippen molar-refractivity contribution in [2.45, 2.75) is 37.1 Å². The summed E-state index contributed by atoms with van der Waals surface area (Å²) in [6, 6.07) is 5.28. The molecule has 0 spiro atoms. The molecule has 112 valence electrons. The average molecular weight is 361 g/mol. The number of piperidine rings is 1. The van der Waals surface area contributed by atoms with Crippen molar-refractivity contribution < 1.29 is 8.42 Å². The van der Waals surface area contributed by atoms with E-state index in [4.69, 9.17) is 0 Å². The van der Waals surface area contributed by atoms with E-state index in [0.717, 1.165) is 29.3 Å². The Morgan fingerprint density at radius 1 is 1.40 bits per heavy atom. The van der Waals surface area contributed by atoms with Gasteiger partial charge >= 0.3 is 0 Å². The summed E-state index contributed by atoms with van der Waals surface area (Å²) in [5.74, 6) is 0. The third kappa shape index (κ3) is 3.24. The van der Waals surface area contributed by atoms with Crippen LogP contribution in [-0.2, 0) is 10.0 Å². The lowest BCUT2D eigenvalue weighted by atomic mass is 10.1. The monoisotopic (exact) mass is 360 g/mol. The molecule has 0 aliphatic carbocycles. The number of rotatable bonds is 4. The number of hydrogen-bond donors (Lipinski definition) is 1. The van der Waals surface area contributed by atoms with Gasteiger partial charge in [-0.25, -0.2) is 8.42 Å². The van der Waals surface area contributed by atoms with Crippen molar-refractivity contribution in [3.8, 4) is 0 Å². The van der Waals surface area contributed by atoms with Crippen LogP contribution in [-0.4, -0.2) is 38.9 Å². The molecule has 0 aromatic heterocycles. The van der Waals surface area contributed by atoms with Gasteiger partial charge in [-0.2, -0.15) is 4.31 Å². The number of benzene rings is 1. The first kappa shape index (κ1) is 15.9. The number of halogens is 1. The minimum Gasteiger partial charge on any atom is -0.318 e. The van der Waals surface area contributed by atoms with Gasteiger partial charge in [-0.1, -0.05) is 22.4 Å². The van der Waals surface area contributed by atoms with Crippen LogP contribution < -0.4 is 5.32 Å². The maximum atomic E-state index is 12.8. The molecule has 2 rings (SSSR count). The molecular formula is C14H21BrN2O2S. The van der Waals surface area contributed by atoms with E-state index in [1.165, 1.54) is 0 Å². The summed E-state index contributed by atoms with van der Waals surface area (Å²) < 4.78 is 28.2. The SMILES string of the molecule is CNCC1CCCCN1S(=O)(=O)c1ccc(Br)c(C)c1. The fourth-order valence-electron chi connectivity index (χ4n) is 2.64. The highest BCUT2D eigenvalue weighted by molar-refractivity contribution is 9.10. The van der Waals surface area contributed by atoms with E-state index < -0.39 is 10.0 Å². The lowest BCUT2D eigenvalue weighted by Crippen LogP contribution is -2.47. The van der Waals surface area contributed by atoms with Gasteiger partial charge in [0.15, 0.2) is 0 Å². The first-order valence-corrected chi connectivity index (χ1v) is 9.12. The largest absolute Gasteiger partial charge is 0.318 e. The fraction of sp³-hybridized carbons (Fsp3) is 0.571. The molecule has 1 aliphatic heterocycles. The quantitative estimate of drug-likeness (QED) is 0.897. The Kier molecular flexibility index (Phi) is 5.23. The Labute approximate surface area is 129 Å². The Morgan fingerprint density at radius 3 is 2.80 bits per heavy atom. The van der Waals surface area contributed by atoms with Crippen molar-refractivity contribution in [2.24, 2.45) is 0 Å². The fourth-order valence-corrected chi connectivity index (χ4v) is 4.67. The van der Waals surface area contributed by atoms with E-state index in [2.05, 4.69) is 21.2 Å². The molecular weight excluding hydrogens is 340 g/mol. The van der Waals surface area contributed by atoms with E-state index >= 15 is 0 Å². The number of likely N-dealkylation sites (N-methyl/N-ethyl adjacent to an activating group) is 1. The zero-order valence-electron chi connectivity index (χ0n) is 11.9. The number of nitrogens with one attached hydrogen (secondary N) is 1. The molecule has 1 atom stereocenters. The van der Waals surface area contributed by atoms with Gasteiger partial charge < -0.3 is 5.32 Å². The van der Waals surface area contributed by atoms with Crippen LogP contribution in [0, 0.1) is 6.92 Å². The standard InChI is InChI=1S/C14H21BrN2O2S/c1-11-9-13(6-7-14(11)15)20(18,19)17-8-4-3-5-12(17)10-16-2/h6-7,9,12,16H,3-5,8,10H2,1-2H3. The number of sulfonamides is 1. The van der Waals surface area contributed by atoms with Gasteiger partial charge in [-0.15, -0.1) is 0 Å². The van der Waals surface area contributed by atoms with Crippen LogP contribution in [0.2, 0.25) is 0 Å². The zero-order chi connectivity index (χ0) is 14.8. The second kappa shape index (κ2) is 6.56. The minimum atomic E-state index is -3.40. The molecule has 1 aliphatic rings. The summed E-state index contributed by atoms with van der Waals surface area (Å²) in [6.07, 6.45) is 2.96. The first-order chi connectivity index (χ1) is 9.46. The van der Waals surface area contributed by atoms with E-state index in [1.807, 2.05) is 14.0 Å². The van der Waals surface area contributed by atoms with Gasteiger partial charge in [0.05, 0.1) is 4.90 Å². The molecule has 1 aromatic carbocycles. The third-order valence-corrected chi connectivity index (χ3v) is 6.59. The lowest BCUT2D eigenvalue weighted by molar-refractivity contribution is 0.249. The highest BCUT2D eigenvalue weighted by atomic mass is 79.9. The normalized spacial score (nSPS) is 21.1. The molecule has 0 bridgehead atoms. The number of hydrogen-bond acceptors (Lipinski definition) is 3. The smallest absolute Gasteiger partial charge is 0.243 e. The molecule has 0 saturated carbocycles. The molecule has 0 amide bonds.